The maximum absolute atomic E-state index is 11.7. The highest BCUT2D eigenvalue weighted by molar-refractivity contribution is 4.64. The van der Waals surface area contributed by atoms with Crippen molar-refractivity contribution in [1.29, 1.82) is 0 Å². The lowest BCUT2D eigenvalue weighted by Gasteiger charge is -2.16. The summed E-state index contributed by atoms with van der Waals surface area (Å²) in [6, 6.07) is 0. The molecule has 0 aliphatic carbocycles. The quantitative estimate of drug-likeness (QED) is 0.647. The Balaban J connectivity index is 3.73. The van der Waals surface area contributed by atoms with E-state index >= 15 is 0 Å². The zero-order valence-electron chi connectivity index (χ0n) is 5.94. The van der Waals surface area contributed by atoms with Crippen molar-refractivity contribution in [2.45, 2.75) is 32.5 Å². The van der Waals surface area contributed by atoms with Gasteiger partial charge < -0.3 is 5.11 Å². The van der Waals surface area contributed by atoms with Gasteiger partial charge in [0.2, 0.25) is 0 Å². The molecule has 0 aliphatic rings. The summed E-state index contributed by atoms with van der Waals surface area (Å²) < 4.78 is 35.1. The number of rotatable bonds is 2. The Kier molecular flexibility index (Phi) is 3.15. The standard InChI is InChI=1S/C6H11F3O/c1-4(3-5(2)10)6(7,8)9/h4-5,10H,3H2,1-2H3. The largest absolute Gasteiger partial charge is 0.393 e. The summed E-state index contributed by atoms with van der Waals surface area (Å²) in [5, 5.41) is 8.59. The van der Waals surface area contributed by atoms with E-state index < -0.39 is 18.2 Å². The van der Waals surface area contributed by atoms with Gasteiger partial charge in [-0.25, -0.2) is 0 Å². The fraction of sp³-hybridized carbons (Fsp3) is 1.00. The van der Waals surface area contributed by atoms with Crippen LogP contribution >= 0.6 is 0 Å². The van der Waals surface area contributed by atoms with Gasteiger partial charge in [0.15, 0.2) is 0 Å². The van der Waals surface area contributed by atoms with Gasteiger partial charge in [-0.05, 0) is 13.3 Å². The molecule has 2 unspecified atom stereocenters. The molecule has 0 amide bonds. The van der Waals surface area contributed by atoms with Crippen LogP contribution < -0.4 is 0 Å². The highest BCUT2D eigenvalue weighted by Gasteiger charge is 2.36. The second kappa shape index (κ2) is 3.23. The lowest BCUT2D eigenvalue weighted by molar-refractivity contribution is -0.176. The molecular weight excluding hydrogens is 145 g/mol. The highest BCUT2D eigenvalue weighted by Crippen LogP contribution is 2.28. The first kappa shape index (κ1) is 9.75. The Hall–Kier alpha value is -0.250. The molecule has 10 heavy (non-hydrogen) atoms. The molecule has 4 heteroatoms. The summed E-state index contributed by atoms with van der Waals surface area (Å²) in [6.45, 7) is 2.41. The van der Waals surface area contributed by atoms with Gasteiger partial charge in [0.25, 0.3) is 0 Å². The van der Waals surface area contributed by atoms with Gasteiger partial charge in [-0.3, -0.25) is 0 Å². The van der Waals surface area contributed by atoms with Gasteiger partial charge in [0.05, 0.1) is 12.0 Å². The van der Waals surface area contributed by atoms with Crippen molar-refractivity contribution in [3.8, 4) is 0 Å². The summed E-state index contributed by atoms with van der Waals surface area (Å²) in [6.07, 6.45) is -5.27. The summed E-state index contributed by atoms with van der Waals surface area (Å²) in [5.74, 6) is -1.41. The molecule has 1 N–H and O–H groups in total. The number of halogens is 3. The zero-order chi connectivity index (χ0) is 8.36. The van der Waals surface area contributed by atoms with Crippen LogP contribution in [0.15, 0.2) is 0 Å². The predicted molar refractivity (Wildman–Crippen MR) is 31.5 cm³/mol. The van der Waals surface area contributed by atoms with E-state index in [1.807, 2.05) is 0 Å². The number of aliphatic hydroxyl groups excluding tert-OH is 1. The van der Waals surface area contributed by atoms with E-state index in [0.29, 0.717) is 0 Å². The van der Waals surface area contributed by atoms with E-state index in [9.17, 15) is 13.2 Å². The van der Waals surface area contributed by atoms with Gasteiger partial charge in [0.1, 0.15) is 0 Å². The molecule has 0 aliphatic heterocycles. The van der Waals surface area contributed by atoms with Crippen LogP contribution in [0, 0.1) is 5.92 Å². The first-order chi connectivity index (χ1) is 4.34. The smallest absolute Gasteiger partial charge is 0.391 e. The van der Waals surface area contributed by atoms with Crippen LogP contribution in [0.1, 0.15) is 20.3 Å². The van der Waals surface area contributed by atoms with Gasteiger partial charge >= 0.3 is 6.18 Å². The summed E-state index contributed by atoms with van der Waals surface area (Å²) in [5.41, 5.74) is 0. The fourth-order valence-corrected chi connectivity index (χ4v) is 0.645. The Morgan fingerprint density at radius 3 is 1.80 bits per heavy atom. The predicted octanol–water partition coefficient (Wildman–Crippen LogP) is 1.96. The SMILES string of the molecule is CC(O)CC(C)C(F)(F)F. The number of alkyl halides is 3. The van der Waals surface area contributed by atoms with Crippen molar-refractivity contribution in [3.05, 3.63) is 0 Å². The summed E-state index contributed by atoms with van der Waals surface area (Å²) in [4.78, 5) is 0. The van der Waals surface area contributed by atoms with Crippen molar-refractivity contribution in [2.24, 2.45) is 5.92 Å². The molecule has 0 fully saturated rings. The molecule has 0 aromatic carbocycles. The van der Waals surface area contributed by atoms with Crippen LogP contribution in [0.5, 0.6) is 0 Å². The molecule has 0 aromatic rings. The van der Waals surface area contributed by atoms with Gasteiger partial charge in [-0.2, -0.15) is 13.2 Å². The van der Waals surface area contributed by atoms with Crippen LogP contribution in [0.2, 0.25) is 0 Å². The summed E-state index contributed by atoms with van der Waals surface area (Å²) >= 11 is 0. The van der Waals surface area contributed by atoms with Gasteiger partial charge in [-0.1, -0.05) is 6.92 Å². The molecule has 0 saturated carbocycles. The molecular formula is C6H11F3O. The Bertz CT molecular complexity index is 97.7. The highest BCUT2D eigenvalue weighted by atomic mass is 19.4. The minimum absolute atomic E-state index is 0.219. The average molecular weight is 156 g/mol. The molecule has 62 valence electrons. The van der Waals surface area contributed by atoms with Crippen LogP contribution in [-0.2, 0) is 0 Å². The van der Waals surface area contributed by atoms with Crippen LogP contribution in [0.4, 0.5) is 13.2 Å². The molecule has 1 nitrogen and oxygen atoms in total. The Morgan fingerprint density at radius 2 is 1.70 bits per heavy atom. The van der Waals surface area contributed by atoms with E-state index in [1.54, 1.807) is 0 Å². The van der Waals surface area contributed by atoms with E-state index in [4.69, 9.17) is 5.11 Å². The maximum atomic E-state index is 11.7. The third-order valence-corrected chi connectivity index (χ3v) is 1.25. The van der Waals surface area contributed by atoms with E-state index in [1.165, 1.54) is 6.92 Å². The van der Waals surface area contributed by atoms with Crippen molar-refractivity contribution >= 4 is 0 Å². The fourth-order valence-electron chi connectivity index (χ4n) is 0.645. The lowest BCUT2D eigenvalue weighted by Crippen LogP contribution is -2.23. The van der Waals surface area contributed by atoms with Crippen LogP contribution in [0.25, 0.3) is 0 Å². The molecule has 0 saturated heterocycles. The molecule has 2 atom stereocenters. The Morgan fingerprint density at radius 1 is 1.30 bits per heavy atom. The van der Waals surface area contributed by atoms with Crippen LogP contribution in [0.3, 0.4) is 0 Å². The second-order valence-corrected chi connectivity index (χ2v) is 2.53. The van der Waals surface area contributed by atoms with Crippen LogP contribution in [-0.4, -0.2) is 17.4 Å². The lowest BCUT2D eigenvalue weighted by atomic mass is 10.0. The van der Waals surface area contributed by atoms with Crippen molar-refractivity contribution in [3.63, 3.8) is 0 Å². The first-order valence-electron chi connectivity index (χ1n) is 3.09. The Labute approximate surface area is 57.9 Å². The van der Waals surface area contributed by atoms with Crippen molar-refractivity contribution < 1.29 is 18.3 Å². The molecule has 0 radical (unpaired) electrons. The number of hydrogen-bond acceptors (Lipinski definition) is 1. The minimum Gasteiger partial charge on any atom is -0.393 e. The van der Waals surface area contributed by atoms with Gasteiger partial charge in [0, 0.05) is 0 Å². The van der Waals surface area contributed by atoms with E-state index in [-0.39, 0.29) is 6.42 Å². The number of hydrogen-bond donors (Lipinski definition) is 1. The minimum atomic E-state index is -4.17. The summed E-state index contributed by atoms with van der Waals surface area (Å²) in [7, 11) is 0. The van der Waals surface area contributed by atoms with Crippen molar-refractivity contribution in [1.82, 2.24) is 0 Å². The van der Waals surface area contributed by atoms with E-state index in [0.717, 1.165) is 6.92 Å². The van der Waals surface area contributed by atoms with Crippen molar-refractivity contribution in [2.75, 3.05) is 0 Å². The molecule has 0 bridgehead atoms. The van der Waals surface area contributed by atoms with E-state index in [2.05, 4.69) is 0 Å². The third kappa shape index (κ3) is 3.71. The molecule has 0 heterocycles. The molecule has 0 aromatic heterocycles. The molecule has 0 spiro atoms. The topological polar surface area (TPSA) is 20.2 Å². The van der Waals surface area contributed by atoms with Gasteiger partial charge in [-0.15, -0.1) is 0 Å². The zero-order valence-corrected chi connectivity index (χ0v) is 5.94. The third-order valence-electron chi connectivity index (χ3n) is 1.25. The number of aliphatic hydroxyl groups is 1. The monoisotopic (exact) mass is 156 g/mol. The molecule has 0 rings (SSSR count). The normalized spacial score (nSPS) is 18.6. The average Bonchev–Trinajstić information content (AvgIpc) is 1.60. The first-order valence-corrected chi connectivity index (χ1v) is 3.09. The second-order valence-electron chi connectivity index (χ2n) is 2.53. The maximum Gasteiger partial charge on any atom is 0.391 e.